The number of hydrogen-bond acceptors (Lipinski definition) is 2. The van der Waals surface area contributed by atoms with Gasteiger partial charge in [-0.15, -0.1) is 11.3 Å². The summed E-state index contributed by atoms with van der Waals surface area (Å²) in [5.41, 5.74) is 2.65. The molecule has 0 saturated heterocycles. The van der Waals surface area contributed by atoms with Crippen molar-refractivity contribution in [3.8, 4) is 0 Å². The maximum Gasteiger partial charge on any atom is 0.0580 e. The molecule has 4 heteroatoms. The van der Waals surface area contributed by atoms with Crippen molar-refractivity contribution in [3.05, 3.63) is 56.8 Å². The van der Waals surface area contributed by atoms with E-state index in [2.05, 4.69) is 67.7 Å². The zero-order valence-electron chi connectivity index (χ0n) is 10.7. The van der Waals surface area contributed by atoms with Crippen molar-refractivity contribution in [1.29, 1.82) is 0 Å². The van der Waals surface area contributed by atoms with E-state index in [9.17, 15) is 0 Å². The molecule has 19 heavy (non-hydrogen) atoms. The van der Waals surface area contributed by atoms with E-state index in [-0.39, 0.29) is 0 Å². The zero-order chi connectivity index (χ0) is 13.2. The van der Waals surface area contributed by atoms with Gasteiger partial charge in [0.15, 0.2) is 0 Å². The van der Waals surface area contributed by atoms with Crippen LogP contribution in [0.4, 0.5) is 0 Å². The highest BCUT2D eigenvalue weighted by Gasteiger charge is 2.07. The Labute approximate surface area is 125 Å². The molecule has 2 heterocycles. The molecule has 1 N–H and O–H groups in total. The molecule has 0 unspecified atom stereocenters. The van der Waals surface area contributed by atoms with Gasteiger partial charge in [0, 0.05) is 33.0 Å². The van der Waals surface area contributed by atoms with Crippen LogP contribution in [0.15, 0.2) is 46.4 Å². The molecule has 0 radical (unpaired) electrons. The van der Waals surface area contributed by atoms with Gasteiger partial charge in [0.25, 0.3) is 0 Å². The van der Waals surface area contributed by atoms with Crippen molar-refractivity contribution in [3.63, 3.8) is 0 Å². The number of nitrogens with zero attached hydrogens (tertiary/aromatic N) is 1. The summed E-state index contributed by atoms with van der Waals surface area (Å²) in [6, 6.07) is 10.8. The van der Waals surface area contributed by atoms with Crippen LogP contribution in [-0.2, 0) is 13.1 Å². The van der Waals surface area contributed by atoms with E-state index in [0.29, 0.717) is 0 Å². The Hall–Kier alpha value is -1.10. The molecule has 0 saturated carbocycles. The third-order valence-corrected chi connectivity index (χ3v) is 5.19. The second-order valence-corrected chi connectivity index (χ2v) is 6.37. The van der Waals surface area contributed by atoms with Crippen LogP contribution >= 0.6 is 27.3 Å². The third-order valence-electron chi connectivity index (χ3n) is 3.28. The second kappa shape index (κ2) is 5.49. The summed E-state index contributed by atoms with van der Waals surface area (Å²) >= 11 is 5.39. The van der Waals surface area contributed by atoms with E-state index in [4.69, 9.17) is 0 Å². The second-order valence-electron chi connectivity index (χ2n) is 4.52. The first-order valence-corrected chi connectivity index (χ1v) is 7.90. The minimum atomic E-state index is 0.907. The quantitative estimate of drug-likeness (QED) is 0.755. The molecule has 0 spiro atoms. The van der Waals surface area contributed by atoms with E-state index < -0.39 is 0 Å². The number of hydrogen-bond donors (Lipinski definition) is 1. The SMILES string of the molecule is CNCc1cccc2c1ccn2Cc1sccc1Br. The molecule has 2 aromatic heterocycles. The molecule has 3 aromatic rings. The first-order chi connectivity index (χ1) is 9.29. The van der Waals surface area contributed by atoms with E-state index in [1.807, 2.05) is 7.05 Å². The summed E-state index contributed by atoms with van der Waals surface area (Å²) in [6.45, 7) is 1.83. The number of halogens is 1. The average molecular weight is 335 g/mol. The van der Waals surface area contributed by atoms with Crippen molar-refractivity contribution in [1.82, 2.24) is 9.88 Å². The lowest BCUT2D eigenvalue weighted by Crippen LogP contribution is -2.05. The standard InChI is InChI=1S/C15H15BrN2S/c1-17-9-11-3-2-4-14-12(11)5-7-18(14)10-15-13(16)6-8-19-15/h2-8,17H,9-10H2,1H3. The highest BCUT2D eigenvalue weighted by atomic mass is 79.9. The van der Waals surface area contributed by atoms with E-state index in [0.717, 1.165) is 13.1 Å². The molecule has 1 aromatic carbocycles. The van der Waals surface area contributed by atoms with Crippen LogP contribution in [0.5, 0.6) is 0 Å². The van der Waals surface area contributed by atoms with Crippen LogP contribution in [0.25, 0.3) is 10.9 Å². The maximum absolute atomic E-state index is 3.60. The molecule has 98 valence electrons. The Bertz CT molecular complexity index is 699. The number of nitrogens with one attached hydrogen (secondary N) is 1. The van der Waals surface area contributed by atoms with Gasteiger partial charge in [0.2, 0.25) is 0 Å². The van der Waals surface area contributed by atoms with Crippen LogP contribution in [0, 0.1) is 0 Å². The molecule has 0 amide bonds. The Morgan fingerprint density at radius 3 is 2.89 bits per heavy atom. The number of aromatic nitrogens is 1. The topological polar surface area (TPSA) is 17.0 Å². The average Bonchev–Trinajstić information content (AvgIpc) is 2.99. The molecule has 0 atom stereocenters. The highest BCUT2D eigenvalue weighted by Crippen LogP contribution is 2.26. The minimum absolute atomic E-state index is 0.907. The Morgan fingerprint density at radius 2 is 2.16 bits per heavy atom. The molecule has 0 bridgehead atoms. The predicted octanol–water partition coefficient (Wildman–Crippen LogP) is 4.23. The normalized spacial score (nSPS) is 11.3. The predicted molar refractivity (Wildman–Crippen MR) is 85.8 cm³/mol. The van der Waals surface area contributed by atoms with Crippen molar-refractivity contribution in [2.24, 2.45) is 0 Å². The number of rotatable bonds is 4. The summed E-state index contributed by atoms with van der Waals surface area (Å²) in [6.07, 6.45) is 2.18. The Balaban J connectivity index is 2.01. The fourth-order valence-electron chi connectivity index (χ4n) is 2.36. The van der Waals surface area contributed by atoms with Crippen molar-refractivity contribution < 1.29 is 0 Å². The summed E-state index contributed by atoms with van der Waals surface area (Å²) in [5.74, 6) is 0. The lowest BCUT2D eigenvalue weighted by atomic mass is 10.1. The van der Waals surface area contributed by atoms with Gasteiger partial charge in [-0.05, 0) is 52.1 Å². The fraction of sp³-hybridized carbons (Fsp3) is 0.200. The van der Waals surface area contributed by atoms with Gasteiger partial charge in [0.1, 0.15) is 0 Å². The monoisotopic (exact) mass is 334 g/mol. The van der Waals surface area contributed by atoms with Gasteiger partial charge in [0.05, 0.1) is 6.54 Å². The number of benzene rings is 1. The van der Waals surface area contributed by atoms with Crippen LogP contribution in [0.1, 0.15) is 10.4 Å². The van der Waals surface area contributed by atoms with Crippen LogP contribution in [0.2, 0.25) is 0 Å². The third kappa shape index (κ3) is 2.48. The van der Waals surface area contributed by atoms with Gasteiger partial charge in [-0.1, -0.05) is 12.1 Å². The van der Waals surface area contributed by atoms with E-state index >= 15 is 0 Å². The molecular formula is C15H15BrN2S. The summed E-state index contributed by atoms with van der Waals surface area (Å²) in [7, 11) is 1.98. The van der Waals surface area contributed by atoms with E-state index in [1.54, 1.807) is 11.3 Å². The maximum atomic E-state index is 3.60. The van der Waals surface area contributed by atoms with Gasteiger partial charge in [-0.3, -0.25) is 0 Å². The van der Waals surface area contributed by atoms with Crippen LogP contribution < -0.4 is 5.32 Å². The lowest BCUT2D eigenvalue weighted by molar-refractivity contribution is 0.822. The van der Waals surface area contributed by atoms with Gasteiger partial charge in [-0.2, -0.15) is 0 Å². The summed E-state index contributed by atoms with van der Waals surface area (Å²) in [4.78, 5) is 1.36. The smallest absolute Gasteiger partial charge is 0.0580 e. The van der Waals surface area contributed by atoms with Gasteiger partial charge < -0.3 is 9.88 Å². The van der Waals surface area contributed by atoms with Gasteiger partial charge in [-0.25, -0.2) is 0 Å². The fourth-order valence-corrected chi connectivity index (χ4v) is 3.84. The van der Waals surface area contributed by atoms with Crippen LogP contribution in [0.3, 0.4) is 0 Å². The first-order valence-electron chi connectivity index (χ1n) is 6.23. The summed E-state index contributed by atoms with van der Waals surface area (Å²) in [5, 5.41) is 6.69. The largest absolute Gasteiger partial charge is 0.342 e. The van der Waals surface area contributed by atoms with Crippen molar-refractivity contribution in [2.75, 3.05) is 7.05 Å². The molecule has 0 aliphatic rings. The molecule has 3 rings (SSSR count). The number of thiophene rings is 1. The molecule has 0 aliphatic carbocycles. The Morgan fingerprint density at radius 1 is 1.26 bits per heavy atom. The Kier molecular flexibility index (Phi) is 3.73. The highest BCUT2D eigenvalue weighted by molar-refractivity contribution is 9.10. The number of fused-ring (bicyclic) bond motifs is 1. The van der Waals surface area contributed by atoms with Crippen molar-refractivity contribution >= 4 is 38.2 Å². The lowest BCUT2D eigenvalue weighted by Gasteiger charge is -2.06. The summed E-state index contributed by atoms with van der Waals surface area (Å²) < 4.78 is 3.51. The van der Waals surface area contributed by atoms with Gasteiger partial charge >= 0.3 is 0 Å². The molecule has 2 nitrogen and oxygen atoms in total. The van der Waals surface area contributed by atoms with Crippen LogP contribution in [-0.4, -0.2) is 11.6 Å². The minimum Gasteiger partial charge on any atom is -0.342 e. The van der Waals surface area contributed by atoms with Crippen molar-refractivity contribution in [2.45, 2.75) is 13.1 Å². The first kappa shape index (κ1) is 12.9. The zero-order valence-corrected chi connectivity index (χ0v) is 13.1. The molecule has 0 aliphatic heterocycles. The van der Waals surface area contributed by atoms with E-state index in [1.165, 1.54) is 25.8 Å². The molecule has 0 fully saturated rings. The molecular weight excluding hydrogens is 320 g/mol.